The van der Waals surface area contributed by atoms with Gasteiger partial charge in [0, 0.05) is 18.2 Å². The number of nitrogens with two attached hydrogens (primary N) is 1. The summed E-state index contributed by atoms with van der Waals surface area (Å²) in [6.45, 7) is 8.07. The molecule has 0 bridgehead atoms. The summed E-state index contributed by atoms with van der Waals surface area (Å²) < 4.78 is 22.2. The van der Waals surface area contributed by atoms with Crippen LogP contribution in [0.15, 0.2) is 5.16 Å². The van der Waals surface area contributed by atoms with Gasteiger partial charge in [0.25, 0.3) is 0 Å². The second kappa shape index (κ2) is 5.88. The summed E-state index contributed by atoms with van der Waals surface area (Å²) in [5, 5.41) is 14.7. The van der Waals surface area contributed by atoms with Crippen molar-refractivity contribution in [1.82, 2.24) is 5.32 Å². The van der Waals surface area contributed by atoms with Gasteiger partial charge in [-0.1, -0.05) is 19.0 Å². The quantitative estimate of drug-likeness (QED) is 0.208. The molecule has 0 rings (SSSR count). The molecule has 0 aliphatic rings. The molecule has 0 aromatic rings. The molecule has 0 unspecified atom stereocenters. The van der Waals surface area contributed by atoms with Gasteiger partial charge in [0.1, 0.15) is 5.84 Å². The number of amidine groups is 1. The highest BCUT2D eigenvalue weighted by Crippen LogP contribution is 2.20. The van der Waals surface area contributed by atoms with E-state index in [0.29, 0.717) is 19.5 Å². The van der Waals surface area contributed by atoms with Crippen molar-refractivity contribution in [2.24, 2.45) is 16.3 Å². The van der Waals surface area contributed by atoms with Gasteiger partial charge in [0.15, 0.2) is 9.84 Å². The molecule has 0 aromatic carbocycles. The third-order valence-electron chi connectivity index (χ3n) is 3.28. The van der Waals surface area contributed by atoms with Crippen molar-refractivity contribution in [3.63, 3.8) is 0 Å². The Kier molecular flexibility index (Phi) is 5.61. The summed E-state index contributed by atoms with van der Waals surface area (Å²) >= 11 is 0. The molecule has 108 valence electrons. The molecule has 0 aliphatic carbocycles. The van der Waals surface area contributed by atoms with Gasteiger partial charge in [-0.05, 0) is 26.8 Å². The van der Waals surface area contributed by atoms with Crippen LogP contribution in [0.1, 0.15) is 34.1 Å². The van der Waals surface area contributed by atoms with Crippen LogP contribution < -0.4 is 11.1 Å². The van der Waals surface area contributed by atoms with Crippen molar-refractivity contribution in [3.8, 4) is 0 Å². The monoisotopic (exact) mass is 279 g/mol. The maximum atomic E-state index is 11.5. The Morgan fingerprint density at radius 1 is 1.33 bits per heavy atom. The minimum Gasteiger partial charge on any atom is -0.409 e. The molecule has 6 nitrogen and oxygen atoms in total. The van der Waals surface area contributed by atoms with E-state index in [2.05, 4.69) is 10.5 Å². The van der Waals surface area contributed by atoms with Gasteiger partial charge in [-0.15, -0.1) is 0 Å². The Balaban J connectivity index is 4.25. The molecule has 0 saturated carbocycles. The first-order valence-electron chi connectivity index (χ1n) is 5.82. The molecule has 0 spiro atoms. The third kappa shape index (κ3) is 4.81. The van der Waals surface area contributed by atoms with E-state index in [1.54, 1.807) is 13.8 Å². The summed E-state index contributed by atoms with van der Waals surface area (Å²) in [5.74, 6) is 0.173. The van der Waals surface area contributed by atoms with Crippen molar-refractivity contribution in [3.05, 3.63) is 0 Å². The molecule has 4 N–H and O–H groups in total. The lowest BCUT2D eigenvalue weighted by Gasteiger charge is -2.26. The normalized spacial score (nSPS) is 14.8. The van der Waals surface area contributed by atoms with Crippen molar-refractivity contribution in [2.75, 3.05) is 19.3 Å². The Morgan fingerprint density at radius 2 is 1.83 bits per heavy atom. The Morgan fingerprint density at radius 3 is 2.22 bits per heavy atom. The summed E-state index contributed by atoms with van der Waals surface area (Å²) in [6, 6.07) is 0. The summed E-state index contributed by atoms with van der Waals surface area (Å²) in [4.78, 5) is 0. The fourth-order valence-corrected chi connectivity index (χ4v) is 1.55. The predicted octanol–water partition coefficient (Wildman–Crippen LogP) is 0.562. The van der Waals surface area contributed by atoms with E-state index in [1.165, 1.54) is 6.26 Å². The largest absolute Gasteiger partial charge is 0.409 e. The maximum absolute atomic E-state index is 11.5. The van der Waals surface area contributed by atoms with Crippen molar-refractivity contribution < 1.29 is 13.6 Å². The molecule has 0 heterocycles. The second-order valence-electron chi connectivity index (χ2n) is 5.83. The molecule has 7 heteroatoms. The highest BCUT2D eigenvalue weighted by Gasteiger charge is 2.30. The minimum absolute atomic E-state index is 0.173. The molecule has 0 radical (unpaired) electrons. The van der Waals surface area contributed by atoms with Crippen LogP contribution in [-0.4, -0.2) is 43.6 Å². The fourth-order valence-electron chi connectivity index (χ4n) is 1.18. The maximum Gasteiger partial charge on any atom is 0.153 e. The Hall–Kier alpha value is -0.820. The van der Waals surface area contributed by atoms with E-state index in [-0.39, 0.29) is 5.84 Å². The standard InChI is InChI=1S/C11H25N3O3S/c1-10(2,9(12)14-15)6-7-13-8-11(3,4)18(5,16)17/h13,15H,6-8H2,1-5H3,(H2,12,14). The lowest BCUT2D eigenvalue weighted by Crippen LogP contribution is -2.43. The number of hydrogen-bond donors (Lipinski definition) is 3. The fraction of sp³-hybridized carbons (Fsp3) is 0.909. The molecule has 0 aliphatic heterocycles. The van der Waals surface area contributed by atoms with Crippen molar-refractivity contribution >= 4 is 15.7 Å². The van der Waals surface area contributed by atoms with Crippen LogP contribution in [0, 0.1) is 5.41 Å². The smallest absolute Gasteiger partial charge is 0.153 e. The van der Waals surface area contributed by atoms with E-state index in [1.807, 2.05) is 13.8 Å². The van der Waals surface area contributed by atoms with Gasteiger partial charge in [-0.25, -0.2) is 8.42 Å². The van der Waals surface area contributed by atoms with E-state index in [9.17, 15) is 8.42 Å². The molecular weight excluding hydrogens is 254 g/mol. The van der Waals surface area contributed by atoms with Crippen molar-refractivity contribution in [1.29, 1.82) is 0 Å². The topological polar surface area (TPSA) is 105 Å². The van der Waals surface area contributed by atoms with Crippen LogP contribution in [-0.2, 0) is 9.84 Å². The lowest BCUT2D eigenvalue weighted by molar-refractivity contribution is 0.305. The number of sulfone groups is 1. The summed E-state index contributed by atoms with van der Waals surface area (Å²) in [7, 11) is -3.09. The molecule has 0 atom stereocenters. The molecule has 18 heavy (non-hydrogen) atoms. The van der Waals surface area contributed by atoms with Gasteiger partial charge in [0.2, 0.25) is 0 Å². The zero-order valence-corrected chi connectivity index (χ0v) is 12.6. The highest BCUT2D eigenvalue weighted by atomic mass is 32.2. The highest BCUT2D eigenvalue weighted by molar-refractivity contribution is 7.92. The summed E-state index contributed by atoms with van der Waals surface area (Å²) in [6.07, 6.45) is 1.89. The first-order valence-corrected chi connectivity index (χ1v) is 7.71. The van der Waals surface area contributed by atoms with Crippen LogP contribution in [0.4, 0.5) is 0 Å². The third-order valence-corrected chi connectivity index (χ3v) is 5.43. The Labute approximate surface area is 110 Å². The predicted molar refractivity (Wildman–Crippen MR) is 73.6 cm³/mol. The molecule has 0 saturated heterocycles. The van der Waals surface area contributed by atoms with Crippen LogP contribution in [0.25, 0.3) is 0 Å². The molecule has 0 fully saturated rings. The number of rotatable bonds is 7. The number of hydrogen-bond acceptors (Lipinski definition) is 5. The van der Waals surface area contributed by atoms with Crippen molar-refractivity contribution in [2.45, 2.75) is 38.9 Å². The zero-order chi connectivity index (χ0) is 14.6. The van der Waals surface area contributed by atoms with Gasteiger partial charge in [-0.3, -0.25) is 0 Å². The SMILES string of the molecule is CC(C)(CCNCC(C)(C)S(C)(=O)=O)C(N)=NO. The average Bonchev–Trinajstić information content (AvgIpc) is 2.21. The molecule has 0 amide bonds. The van der Waals surface area contributed by atoms with E-state index < -0.39 is 20.0 Å². The van der Waals surface area contributed by atoms with Gasteiger partial charge >= 0.3 is 0 Å². The van der Waals surface area contributed by atoms with E-state index in [0.717, 1.165) is 0 Å². The van der Waals surface area contributed by atoms with Gasteiger partial charge < -0.3 is 16.3 Å². The second-order valence-corrected chi connectivity index (χ2v) is 8.48. The molecular formula is C11H25N3O3S. The molecule has 0 aromatic heterocycles. The van der Waals surface area contributed by atoms with Gasteiger partial charge in [0.05, 0.1) is 4.75 Å². The van der Waals surface area contributed by atoms with E-state index in [4.69, 9.17) is 10.9 Å². The van der Waals surface area contributed by atoms with Crippen LogP contribution in [0.2, 0.25) is 0 Å². The zero-order valence-electron chi connectivity index (χ0n) is 11.8. The first-order chi connectivity index (χ1) is 7.94. The lowest BCUT2D eigenvalue weighted by atomic mass is 9.88. The number of nitrogens with one attached hydrogen (secondary N) is 1. The first kappa shape index (κ1) is 17.2. The summed E-state index contributed by atoms with van der Waals surface area (Å²) in [5.41, 5.74) is 5.14. The number of nitrogens with zero attached hydrogens (tertiary/aromatic N) is 1. The van der Waals surface area contributed by atoms with Gasteiger partial charge in [-0.2, -0.15) is 0 Å². The number of oxime groups is 1. The van der Waals surface area contributed by atoms with Crippen LogP contribution in [0.3, 0.4) is 0 Å². The van der Waals surface area contributed by atoms with Crippen LogP contribution in [0.5, 0.6) is 0 Å². The average molecular weight is 279 g/mol. The minimum atomic E-state index is -3.09. The van der Waals surface area contributed by atoms with E-state index >= 15 is 0 Å². The Bertz CT molecular complexity index is 400. The van der Waals surface area contributed by atoms with Crippen LogP contribution >= 0.6 is 0 Å².